The standard InChI is InChI=1S/C12H18ClNO/c1-3-7-15-12-6-5-10(8-11(12)13)9-14-4-2/h5-6,8,14H,3-4,7,9H2,1-2H3. The van der Waals surface area contributed by atoms with Crippen molar-refractivity contribution >= 4 is 11.6 Å². The molecule has 1 N–H and O–H groups in total. The monoisotopic (exact) mass is 227 g/mol. The van der Waals surface area contributed by atoms with Crippen LogP contribution in [0.25, 0.3) is 0 Å². The minimum atomic E-state index is 0.693. The molecule has 0 bridgehead atoms. The van der Waals surface area contributed by atoms with Crippen molar-refractivity contribution in [2.24, 2.45) is 0 Å². The number of hydrogen-bond acceptors (Lipinski definition) is 2. The third-order valence-corrected chi connectivity index (χ3v) is 2.33. The van der Waals surface area contributed by atoms with E-state index in [1.807, 2.05) is 18.2 Å². The van der Waals surface area contributed by atoms with E-state index >= 15 is 0 Å². The molecule has 15 heavy (non-hydrogen) atoms. The topological polar surface area (TPSA) is 21.3 Å². The maximum absolute atomic E-state index is 6.09. The van der Waals surface area contributed by atoms with Crippen LogP contribution >= 0.6 is 11.6 Å². The zero-order valence-corrected chi connectivity index (χ0v) is 10.1. The number of rotatable bonds is 6. The van der Waals surface area contributed by atoms with Crippen molar-refractivity contribution in [3.63, 3.8) is 0 Å². The predicted molar refractivity (Wildman–Crippen MR) is 64.6 cm³/mol. The number of nitrogens with one attached hydrogen (secondary N) is 1. The van der Waals surface area contributed by atoms with Crippen molar-refractivity contribution in [1.82, 2.24) is 5.32 Å². The molecule has 0 aliphatic carbocycles. The predicted octanol–water partition coefficient (Wildman–Crippen LogP) is 3.24. The fraction of sp³-hybridized carbons (Fsp3) is 0.500. The summed E-state index contributed by atoms with van der Waals surface area (Å²) in [6, 6.07) is 5.93. The molecule has 0 aromatic heterocycles. The van der Waals surface area contributed by atoms with Crippen LogP contribution < -0.4 is 10.1 Å². The zero-order chi connectivity index (χ0) is 11.1. The van der Waals surface area contributed by atoms with E-state index in [0.717, 1.165) is 25.3 Å². The highest BCUT2D eigenvalue weighted by molar-refractivity contribution is 6.32. The summed E-state index contributed by atoms with van der Waals surface area (Å²) in [5.41, 5.74) is 1.19. The molecule has 0 aliphatic heterocycles. The highest BCUT2D eigenvalue weighted by Crippen LogP contribution is 2.25. The second-order valence-corrected chi connectivity index (χ2v) is 3.80. The molecule has 0 unspecified atom stereocenters. The van der Waals surface area contributed by atoms with Crippen LogP contribution in [0.3, 0.4) is 0 Å². The van der Waals surface area contributed by atoms with Crippen molar-refractivity contribution in [2.45, 2.75) is 26.8 Å². The Bertz CT molecular complexity index is 302. The number of benzene rings is 1. The molecule has 0 amide bonds. The molecular weight excluding hydrogens is 210 g/mol. The van der Waals surface area contributed by atoms with E-state index in [0.29, 0.717) is 11.6 Å². The zero-order valence-electron chi connectivity index (χ0n) is 9.35. The second kappa shape index (κ2) is 6.70. The van der Waals surface area contributed by atoms with Crippen LogP contribution in [0.1, 0.15) is 25.8 Å². The van der Waals surface area contributed by atoms with Gasteiger partial charge in [-0.05, 0) is 30.7 Å². The lowest BCUT2D eigenvalue weighted by Crippen LogP contribution is -2.11. The van der Waals surface area contributed by atoms with Crippen LogP contribution in [0.5, 0.6) is 5.75 Å². The van der Waals surface area contributed by atoms with E-state index in [9.17, 15) is 0 Å². The first-order valence-electron chi connectivity index (χ1n) is 5.39. The van der Waals surface area contributed by atoms with Crippen molar-refractivity contribution < 1.29 is 4.74 Å². The normalized spacial score (nSPS) is 10.3. The van der Waals surface area contributed by atoms with Crippen LogP contribution in [-0.2, 0) is 6.54 Å². The summed E-state index contributed by atoms with van der Waals surface area (Å²) < 4.78 is 5.49. The van der Waals surface area contributed by atoms with Crippen LogP contribution in [0, 0.1) is 0 Å². The van der Waals surface area contributed by atoms with E-state index in [2.05, 4.69) is 19.2 Å². The molecule has 1 aromatic rings. The highest BCUT2D eigenvalue weighted by atomic mass is 35.5. The van der Waals surface area contributed by atoms with Gasteiger partial charge in [-0.25, -0.2) is 0 Å². The van der Waals surface area contributed by atoms with Gasteiger partial charge in [-0.15, -0.1) is 0 Å². The Labute approximate surface area is 96.6 Å². The minimum Gasteiger partial charge on any atom is -0.492 e. The summed E-state index contributed by atoms with van der Waals surface area (Å²) in [7, 11) is 0. The lowest BCUT2D eigenvalue weighted by molar-refractivity contribution is 0.317. The summed E-state index contributed by atoms with van der Waals surface area (Å²) >= 11 is 6.09. The molecule has 0 fully saturated rings. The summed E-state index contributed by atoms with van der Waals surface area (Å²) in [6.45, 7) is 6.69. The molecule has 0 saturated heterocycles. The lowest BCUT2D eigenvalue weighted by Gasteiger charge is -2.08. The third kappa shape index (κ3) is 4.10. The van der Waals surface area contributed by atoms with E-state index < -0.39 is 0 Å². The van der Waals surface area contributed by atoms with Crippen molar-refractivity contribution in [1.29, 1.82) is 0 Å². The molecule has 0 radical (unpaired) electrons. The fourth-order valence-corrected chi connectivity index (χ4v) is 1.51. The fourth-order valence-electron chi connectivity index (χ4n) is 1.25. The Kier molecular flexibility index (Phi) is 5.51. The summed E-state index contributed by atoms with van der Waals surface area (Å²) in [6.07, 6.45) is 0.996. The van der Waals surface area contributed by atoms with Gasteiger partial charge in [-0.1, -0.05) is 31.5 Å². The Hall–Kier alpha value is -0.730. The molecule has 0 saturated carbocycles. The Morgan fingerprint density at radius 2 is 2.13 bits per heavy atom. The van der Waals surface area contributed by atoms with Crippen LogP contribution in [0.2, 0.25) is 5.02 Å². The Morgan fingerprint density at radius 1 is 1.33 bits per heavy atom. The third-order valence-electron chi connectivity index (χ3n) is 2.04. The van der Waals surface area contributed by atoms with Crippen LogP contribution in [-0.4, -0.2) is 13.2 Å². The molecule has 0 heterocycles. The van der Waals surface area contributed by atoms with Gasteiger partial charge >= 0.3 is 0 Å². The largest absolute Gasteiger partial charge is 0.492 e. The quantitative estimate of drug-likeness (QED) is 0.806. The van der Waals surface area contributed by atoms with Gasteiger partial charge in [-0.3, -0.25) is 0 Å². The molecule has 1 rings (SSSR count). The molecule has 0 atom stereocenters. The van der Waals surface area contributed by atoms with Crippen molar-refractivity contribution in [2.75, 3.05) is 13.2 Å². The van der Waals surface area contributed by atoms with Crippen molar-refractivity contribution in [3.8, 4) is 5.75 Å². The van der Waals surface area contributed by atoms with Crippen molar-refractivity contribution in [3.05, 3.63) is 28.8 Å². The summed E-state index contributed by atoms with van der Waals surface area (Å²) in [5.74, 6) is 0.777. The molecule has 0 spiro atoms. The van der Waals surface area contributed by atoms with E-state index in [1.165, 1.54) is 5.56 Å². The van der Waals surface area contributed by atoms with Gasteiger partial charge in [-0.2, -0.15) is 0 Å². The summed E-state index contributed by atoms with van der Waals surface area (Å²) in [4.78, 5) is 0. The minimum absolute atomic E-state index is 0.693. The first-order chi connectivity index (χ1) is 7.27. The Balaban J connectivity index is 2.61. The van der Waals surface area contributed by atoms with Gasteiger partial charge < -0.3 is 10.1 Å². The molecule has 0 aliphatic rings. The maximum atomic E-state index is 6.09. The molecule has 3 heteroatoms. The highest BCUT2D eigenvalue weighted by Gasteiger charge is 2.02. The average Bonchev–Trinajstić information content (AvgIpc) is 2.25. The molecule has 84 valence electrons. The Morgan fingerprint density at radius 3 is 2.73 bits per heavy atom. The van der Waals surface area contributed by atoms with Gasteiger partial charge in [0.25, 0.3) is 0 Å². The first-order valence-corrected chi connectivity index (χ1v) is 5.77. The molecule has 1 aromatic carbocycles. The average molecular weight is 228 g/mol. The molecular formula is C12H18ClNO. The lowest BCUT2D eigenvalue weighted by atomic mass is 10.2. The van der Waals surface area contributed by atoms with Gasteiger partial charge in [0.05, 0.1) is 11.6 Å². The smallest absolute Gasteiger partial charge is 0.137 e. The SMILES string of the molecule is CCCOc1ccc(CNCC)cc1Cl. The van der Waals surface area contributed by atoms with Crippen LogP contribution in [0.15, 0.2) is 18.2 Å². The first kappa shape index (κ1) is 12.3. The van der Waals surface area contributed by atoms with Gasteiger partial charge in [0, 0.05) is 6.54 Å². The van der Waals surface area contributed by atoms with Gasteiger partial charge in [0.1, 0.15) is 5.75 Å². The van der Waals surface area contributed by atoms with E-state index in [1.54, 1.807) is 0 Å². The maximum Gasteiger partial charge on any atom is 0.137 e. The second-order valence-electron chi connectivity index (χ2n) is 3.39. The van der Waals surface area contributed by atoms with Gasteiger partial charge in [0.2, 0.25) is 0 Å². The summed E-state index contributed by atoms with van der Waals surface area (Å²) in [5, 5.41) is 3.95. The van der Waals surface area contributed by atoms with E-state index in [4.69, 9.17) is 16.3 Å². The number of halogens is 1. The number of ether oxygens (including phenoxy) is 1. The van der Waals surface area contributed by atoms with Crippen LogP contribution in [0.4, 0.5) is 0 Å². The number of hydrogen-bond donors (Lipinski definition) is 1. The molecule has 2 nitrogen and oxygen atoms in total. The van der Waals surface area contributed by atoms with E-state index in [-0.39, 0.29) is 0 Å². The van der Waals surface area contributed by atoms with Gasteiger partial charge in [0.15, 0.2) is 0 Å².